The van der Waals surface area contributed by atoms with Gasteiger partial charge in [0.25, 0.3) is 0 Å². The molecule has 0 saturated heterocycles. The maximum Gasteiger partial charge on any atom is 0.0923 e. The molecule has 0 aliphatic rings. The van der Waals surface area contributed by atoms with Crippen molar-refractivity contribution in [3.63, 3.8) is 0 Å². The van der Waals surface area contributed by atoms with Gasteiger partial charge in [-0.3, -0.25) is 0 Å². The normalized spacial score (nSPS) is 14.5. The highest BCUT2D eigenvalue weighted by Gasteiger charge is 1.94. The first-order chi connectivity index (χ1) is 4.59. The molecule has 0 atom stereocenters. The molecule has 0 radical (unpaired) electrons. The number of allylic oxidation sites excluding steroid dienone is 5. The molecule has 0 amide bonds. The minimum Gasteiger partial charge on any atom is -0.512 e. The highest BCUT2D eigenvalue weighted by molar-refractivity contribution is 5.30. The Morgan fingerprint density at radius 3 is 2.10 bits per heavy atom. The fourth-order valence-electron chi connectivity index (χ4n) is 0.587. The van der Waals surface area contributed by atoms with Crippen LogP contribution in [0.15, 0.2) is 35.6 Å². The zero-order chi connectivity index (χ0) is 8.15. The fraction of sp³-hybridized carbons (Fsp3) is 0.333. The third kappa shape index (κ3) is 2.53. The van der Waals surface area contributed by atoms with Crippen LogP contribution in [0.25, 0.3) is 0 Å². The zero-order valence-corrected chi connectivity index (χ0v) is 6.81. The quantitative estimate of drug-likeness (QED) is 0.459. The number of aliphatic hydroxyl groups is 1. The monoisotopic (exact) mass is 138 g/mol. The highest BCUT2D eigenvalue weighted by Crippen LogP contribution is 2.10. The molecule has 0 unspecified atom stereocenters. The Balaban J connectivity index is 4.51. The summed E-state index contributed by atoms with van der Waals surface area (Å²) in [5.74, 6) is 0.371. The van der Waals surface area contributed by atoms with Crippen LogP contribution >= 0.6 is 0 Å². The molecule has 56 valence electrons. The molecule has 0 fully saturated rings. The molecule has 0 saturated carbocycles. The summed E-state index contributed by atoms with van der Waals surface area (Å²) in [5.41, 5.74) is 1.97. The maximum atomic E-state index is 9.02. The minimum absolute atomic E-state index is 0.371. The largest absolute Gasteiger partial charge is 0.512 e. The molecule has 0 aromatic heterocycles. The lowest BCUT2D eigenvalue weighted by molar-refractivity contribution is 0.408. The van der Waals surface area contributed by atoms with Gasteiger partial charge in [0.05, 0.1) is 5.76 Å². The van der Waals surface area contributed by atoms with E-state index in [1.54, 1.807) is 13.0 Å². The standard InChI is InChI=1S/C9H14O/c1-5-6-7(2)8(3)9(4)10/h5-6,10H,1H2,2-4H3/b7-6+,9-8+. The van der Waals surface area contributed by atoms with Gasteiger partial charge in [0.1, 0.15) is 0 Å². The number of rotatable bonds is 2. The summed E-state index contributed by atoms with van der Waals surface area (Å²) in [5, 5.41) is 9.02. The number of aliphatic hydroxyl groups excluding tert-OH is 1. The third-order valence-corrected chi connectivity index (χ3v) is 1.50. The molecule has 1 heteroatoms. The molecule has 0 heterocycles. The molecule has 0 spiro atoms. The summed E-state index contributed by atoms with van der Waals surface area (Å²) < 4.78 is 0. The first-order valence-corrected chi connectivity index (χ1v) is 3.25. The molecule has 0 rings (SSSR count). The average molecular weight is 138 g/mol. The van der Waals surface area contributed by atoms with E-state index >= 15 is 0 Å². The van der Waals surface area contributed by atoms with E-state index < -0.39 is 0 Å². The Morgan fingerprint density at radius 2 is 1.80 bits per heavy atom. The van der Waals surface area contributed by atoms with Crippen LogP contribution in [0.2, 0.25) is 0 Å². The topological polar surface area (TPSA) is 20.2 Å². The number of hydrogen-bond donors (Lipinski definition) is 1. The zero-order valence-electron chi connectivity index (χ0n) is 6.81. The summed E-state index contributed by atoms with van der Waals surface area (Å²) in [4.78, 5) is 0. The highest BCUT2D eigenvalue weighted by atomic mass is 16.3. The average Bonchev–Trinajstić information content (AvgIpc) is 1.87. The Morgan fingerprint density at radius 1 is 1.30 bits per heavy atom. The van der Waals surface area contributed by atoms with Crippen molar-refractivity contribution in [1.29, 1.82) is 0 Å². The van der Waals surface area contributed by atoms with Gasteiger partial charge in [0.2, 0.25) is 0 Å². The summed E-state index contributed by atoms with van der Waals surface area (Å²) in [6, 6.07) is 0. The van der Waals surface area contributed by atoms with Gasteiger partial charge in [-0.15, -0.1) is 0 Å². The molecule has 0 aromatic carbocycles. The lowest BCUT2D eigenvalue weighted by Gasteiger charge is -2.00. The Bertz CT molecular complexity index is 181. The molecule has 0 aliphatic heterocycles. The van der Waals surface area contributed by atoms with Gasteiger partial charge < -0.3 is 5.11 Å². The van der Waals surface area contributed by atoms with Crippen molar-refractivity contribution in [1.82, 2.24) is 0 Å². The Hall–Kier alpha value is -0.980. The van der Waals surface area contributed by atoms with Crippen LogP contribution in [-0.4, -0.2) is 5.11 Å². The molecule has 1 nitrogen and oxygen atoms in total. The van der Waals surface area contributed by atoms with Crippen LogP contribution < -0.4 is 0 Å². The summed E-state index contributed by atoms with van der Waals surface area (Å²) in [6.45, 7) is 9.06. The Kier molecular flexibility index (Phi) is 3.55. The van der Waals surface area contributed by atoms with Gasteiger partial charge in [0, 0.05) is 0 Å². The lowest BCUT2D eigenvalue weighted by Crippen LogP contribution is -1.83. The number of hydrogen-bond acceptors (Lipinski definition) is 1. The van der Waals surface area contributed by atoms with Crippen LogP contribution in [0.5, 0.6) is 0 Å². The van der Waals surface area contributed by atoms with E-state index in [1.807, 2.05) is 19.9 Å². The first kappa shape index (κ1) is 9.02. The molecular weight excluding hydrogens is 124 g/mol. The van der Waals surface area contributed by atoms with E-state index in [4.69, 9.17) is 5.11 Å². The molecule has 0 aliphatic carbocycles. The molecule has 0 bridgehead atoms. The van der Waals surface area contributed by atoms with Crippen LogP contribution in [0.4, 0.5) is 0 Å². The molecule has 1 N–H and O–H groups in total. The van der Waals surface area contributed by atoms with Gasteiger partial charge in [0.15, 0.2) is 0 Å². The second-order valence-corrected chi connectivity index (χ2v) is 2.30. The first-order valence-electron chi connectivity index (χ1n) is 3.25. The molecular formula is C9H14O. The summed E-state index contributed by atoms with van der Waals surface area (Å²) >= 11 is 0. The van der Waals surface area contributed by atoms with E-state index in [1.165, 1.54) is 0 Å². The van der Waals surface area contributed by atoms with E-state index in [0.717, 1.165) is 11.1 Å². The van der Waals surface area contributed by atoms with Gasteiger partial charge in [-0.25, -0.2) is 0 Å². The molecule has 10 heavy (non-hydrogen) atoms. The van der Waals surface area contributed by atoms with Crippen molar-refractivity contribution in [3.05, 3.63) is 35.6 Å². The predicted molar refractivity (Wildman–Crippen MR) is 45.0 cm³/mol. The van der Waals surface area contributed by atoms with Crippen molar-refractivity contribution < 1.29 is 5.11 Å². The summed E-state index contributed by atoms with van der Waals surface area (Å²) in [6.07, 6.45) is 3.58. The van der Waals surface area contributed by atoms with Gasteiger partial charge >= 0.3 is 0 Å². The smallest absolute Gasteiger partial charge is 0.0923 e. The van der Waals surface area contributed by atoms with E-state index in [0.29, 0.717) is 5.76 Å². The SMILES string of the molecule is C=C/C=C(C)/C(C)=C(\C)O. The van der Waals surface area contributed by atoms with Crippen LogP contribution in [0.1, 0.15) is 20.8 Å². The van der Waals surface area contributed by atoms with E-state index in [-0.39, 0.29) is 0 Å². The predicted octanol–water partition coefficient (Wildman–Crippen LogP) is 2.97. The lowest BCUT2D eigenvalue weighted by atomic mass is 10.1. The third-order valence-electron chi connectivity index (χ3n) is 1.50. The summed E-state index contributed by atoms with van der Waals surface area (Å²) in [7, 11) is 0. The van der Waals surface area contributed by atoms with E-state index in [2.05, 4.69) is 6.58 Å². The fourth-order valence-corrected chi connectivity index (χ4v) is 0.587. The van der Waals surface area contributed by atoms with Gasteiger partial charge in [-0.05, 0) is 31.9 Å². The molecule has 0 aromatic rings. The van der Waals surface area contributed by atoms with Gasteiger partial charge in [-0.1, -0.05) is 18.7 Å². The van der Waals surface area contributed by atoms with Crippen molar-refractivity contribution in [2.75, 3.05) is 0 Å². The second kappa shape index (κ2) is 3.94. The second-order valence-electron chi connectivity index (χ2n) is 2.30. The van der Waals surface area contributed by atoms with Gasteiger partial charge in [-0.2, -0.15) is 0 Å². The van der Waals surface area contributed by atoms with Crippen LogP contribution in [0.3, 0.4) is 0 Å². The van der Waals surface area contributed by atoms with Crippen LogP contribution in [-0.2, 0) is 0 Å². The Labute approximate surface area is 62.4 Å². The minimum atomic E-state index is 0.371. The van der Waals surface area contributed by atoms with E-state index in [9.17, 15) is 0 Å². The van der Waals surface area contributed by atoms with Crippen molar-refractivity contribution in [2.24, 2.45) is 0 Å². The van der Waals surface area contributed by atoms with Crippen molar-refractivity contribution >= 4 is 0 Å². The van der Waals surface area contributed by atoms with Crippen molar-refractivity contribution in [3.8, 4) is 0 Å². The maximum absolute atomic E-state index is 9.02. The van der Waals surface area contributed by atoms with Crippen LogP contribution in [0, 0.1) is 0 Å². The van der Waals surface area contributed by atoms with Crippen molar-refractivity contribution in [2.45, 2.75) is 20.8 Å².